The van der Waals surface area contributed by atoms with Crippen molar-refractivity contribution >= 4 is 5.57 Å². The molecule has 0 aromatic heterocycles. The van der Waals surface area contributed by atoms with E-state index in [1.807, 2.05) is 30.3 Å². The number of alkyl halides is 2. The number of allylic oxidation sites excluding steroid dienone is 2. The van der Waals surface area contributed by atoms with Crippen LogP contribution in [0.2, 0.25) is 0 Å². The third-order valence-electron chi connectivity index (χ3n) is 2.86. The molecule has 1 nitrogen and oxygen atoms in total. The van der Waals surface area contributed by atoms with Gasteiger partial charge in [-0.1, -0.05) is 48.6 Å². The van der Waals surface area contributed by atoms with E-state index in [1.165, 1.54) is 6.08 Å². The van der Waals surface area contributed by atoms with Gasteiger partial charge in [-0.25, -0.2) is 8.78 Å². The Morgan fingerprint density at radius 3 is 2.47 bits per heavy atom. The fourth-order valence-electron chi connectivity index (χ4n) is 1.93. The Bertz CT molecular complexity index is 437. The van der Waals surface area contributed by atoms with Crippen LogP contribution in [-0.2, 0) is 0 Å². The van der Waals surface area contributed by atoms with Gasteiger partial charge in [-0.3, -0.25) is 0 Å². The van der Waals surface area contributed by atoms with Crippen molar-refractivity contribution in [1.82, 2.24) is 0 Å². The third-order valence-corrected chi connectivity index (χ3v) is 2.86. The maximum atomic E-state index is 12.3. The molecule has 1 N–H and O–H groups in total. The predicted octanol–water partition coefficient (Wildman–Crippen LogP) is 3.42. The molecular formula is C14H14F2O. The molecule has 1 aromatic rings. The van der Waals surface area contributed by atoms with Crippen LogP contribution in [0.1, 0.15) is 18.4 Å². The van der Waals surface area contributed by atoms with Gasteiger partial charge >= 0.3 is 0 Å². The number of rotatable bonds is 3. The van der Waals surface area contributed by atoms with Crippen LogP contribution >= 0.6 is 0 Å². The lowest BCUT2D eigenvalue weighted by atomic mass is 9.87. The van der Waals surface area contributed by atoms with Crippen LogP contribution in [0.3, 0.4) is 0 Å². The van der Waals surface area contributed by atoms with E-state index in [9.17, 15) is 13.9 Å². The molecule has 0 amide bonds. The van der Waals surface area contributed by atoms with Crippen molar-refractivity contribution in [3.8, 4) is 0 Å². The first kappa shape index (κ1) is 12.0. The summed E-state index contributed by atoms with van der Waals surface area (Å²) in [5.74, 6) is 0. The lowest BCUT2D eigenvalue weighted by Crippen LogP contribution is -2.29. The first-order valence-corrected chi connectivity index (χ1v) is 5.54. The summed E-state index contributed by atoms with van der Waals surface area (Å²) in [5.41, 5.74) is 0.597. The fourth-order valence-corrected chi connectivity index (χ4v) is 1.93. The molecule has 3 heteroatoms. The minimum Gasteiger partial charge on any atom is -0.385 e. The predicted molar refractivity (Wildman–Crippen MR) is 63.7 cm³/mol. The standard InChI is InChI=1S/C14H14F2O/c15-13(16)10-14(17)8-6-12(7-9-14)11-4-2-1-3-5-11/h1-8,13,17H,9-10H2. The van der Waals surface area contributed by atoms with E-state index in [4.69, 9.17) is 0 Å². The van der Waals surface area contributed by atoms with Gasteiger partial charge in [-0.2, -0.15) is 0 Å². The highest BCUT2D eigenvalue weighted by atomic mass is 19.3. The lowest BCUT2D eigenvalue weighted by Gasteiger charge is -2.26. The van der Waals surface area contributed by atoms with E-state index in [0.29, 0.717) is 0 Å². The molecule has 1 aliphatic carbocycles. The van der Waals surface area contributed by atoms with Crippen molar-refractivity contribution in [3.05, 3.63) is 54.1 Å². The number of benzene rings is 1. The van der Waals surface area contributed by atoms with Crippen LogP contribution < -0.4 is 0 Å². The molecule has 1 unspecified atom stereocenters. The third kappa shape index (κ3) is 3.01. The van der Waals surface area contributed by atoms with Gasteiger partial charge in [0.25, 0.3) is 0 Å². The van der Waals surface area contributed by atoms with Crippen LogP contribution in [0.4, 0.5) is 8.78 Å². The maximum Gasteiger partial charge on any atom is 0.241 e. The maximum absolute atomic E-state index is 12.3. The Hall–Kier alpha value is -1.48. The van der Waals surface area contributed by atoms with Crippen molar-refractivity contribution in [1.29, 1.82) is 0 Å². The van der Waals surface area contributed by atoms with Gasteiger partial charge in [-0.05, 0) is 17.6 Å². The number of hydrogen-bond donors (Lipinski definition) is 1. The Kier molecular flexibility index (Phi) is 3.38. The molecule has 0 heterocycles. The molecule has 0 bridgehead atoms. The summed E-state index contributed by atoms with van der Waals surface area (Å²) in [6, 6.07) is 9.67. The lowest BCUT2D eigenvalue weighted by molar-refractivity contribution is 0.0139. The van der Waals surface area contributed by atoms with Gasteiger partial charge in [0.1, 0.15) is 0 Å². The van der Waals surface area contributed by atoms with Crippen molar-refractivity contribution in [3.63, 3.8) is 0 Å². The van der Waals surface area contributed by atoms with Crippen LogP contribution in [-0.4, -0.2) is 17.1 Å². The Morgan fingerprint density at radius 1 is 1.24 bits per heavy atom. The summed E-state index contributed by atoms with van der Waals surface area (Å²) in [4.78, 5) is 0. The molecule has 1 aliphatic rings. The highest BCUT2D eigenvalue weighted by molar-refractivity contribution is 5.75. The highest BCUT2D eigenvalue weighted by Crippen LogP contribution is 2.30. The van der Waals surface area contributed by atoms with E-state index < -0.39 is 18.4 Å². The van der Waals surface area contributed by atoms with Crippen LogP contribution in [0, 0.1) is 0 Å². The summed E-state index contributed by atoms with van der Waals surface area (Å²) < 4.78 is 24.5. The SMILES string of the molecule is OC1(CC(F)F)C=CC(c2ccccc2)=CC1. The van der Waals surface area contributed by atoms with Gasteiger partial charge in [0.15, 0.2) is 0 Å². The molecule has 0 fully saturated rings. The largest absolute Gasteiger partial charge is 0.385 e. The van der Waals surface area contributed by atoms with Gasteiger partial charge in [-0.15, -0.1) is 0 Å². The smallest absolute Gasteiger partial charge is 0.241 e. The minimum atomic E-state index is -2.49. The first-order valence-electron chi connectivity index (χ1n) is 5.54. The molecule has 2 rings (SSSR count). The number of halogens is 2. The molecule has 90 valence electrons. The van der Waals surface area contributed by atoms with Gasteiger partial charge in [0.2, 0.25) is 6.43 Å². The van der Waals surface area contributed by atoms with Crippen molar-refractivity contribution in [2.75, 3.05) is 0 Å². The zero-order valence-electron chi connectivity index (χ0n) is 9.31. The molecule has 1 atom stereocenters. The van der Waals surface area contributed by atoms with Gasteiger partial charge in [0.05, 0.1) is 5.60 Å². The molecule has 0 saturated heterocycles. The molecule has 0 saturated carbocycles. The highest BCUT2D eigenvalue weighted by Gasteiger charge is 2.29. The van der Waals surface area contributed by atoms with E-state index in [-0.39, 0.29) is 6.42 Å². The zero-order chi connectivity index (χ0) is 12.3. The second-order valence-electron chi connectivity index (χ2n) is 4.26. The summed E-state index contributed by atoms with van der Waals surface area (Å²) >= 11 is 0. The molecule has 0 spiro atoms. The summed E-state index contributed by atoms with van der Waals surface area (Å²) in [7, 11) is 0. The average Bonchev–Trinajstić information content (AvgIpc) is 2.29. The molecule has 17 heavy (non-hydrogen) atoms. The van der Waals surface area contributed by atoms with Gasteiger partial charge < -0.3 is 5.11 Å². The van der Waals surface area contributed by atoms with Crippen LogP contribution in [0.15, 0.2) is 48.6 Å². The Morgan fingerprint density at radius 2 is 1.94 bits per heavy atom. The summed E-state index contributed by atoms with van der Waals surface area (Å²) in [6.45, 7) is 0. The van der Waals surface area contributed by atoms with E-state index in [1.54, 1.807) is 12.2 Å². The fraction of sp³-hybridized carbons (Fsp3) is 0.286. The minimum absolute atomic E-state index is 0.234. The van der Waals surface area contributed by atoms with E-state index in [0.717, 1.165) is 11.1 Å². The normalized spacial score (nSPS) is 23.9. The van der Waals surface area contributed by atoms with Crippen molar-refractivity contribution < 1.29 is 13.9 Å². The van der Waals surface area contributed by atoms with Gasteiger partial charge in [0, 0.05) is 6.42 Å². The zero-order valence-corrected chi connectivity index (χ0v) is 9.31. The van der Waals surface area contributed by atoms with E-state index in [2.05, 4.69) is 0 Å². The van der Waals surface area contributed by atoms with Crippen molar-refractivity contribution in [2.24, 2.45) is 0 Å². The van der Waals surface area contributed by atoms with Crippen LogP contribution in [0.5, 0.6) is 0 Å². The second-order valence-corrected chi connectivity index (χ2v) is 4.26. The Balaban J connectivity index is 2.11. The molecular weight excluding hydrogens is 222 g/mol. The summed E-state index contributed by atoms with van der Waals surface area (Å²) in [5, 5.41) is 9.89. The first-order chi connectivity index (χ1) is 8.09. The summed E-state index contributed by atoms with van der Waals surface area (Å²) in [6.07, 6.45) is 2.22. The Labute approximate surface area is 99.1 Å². The average molecular weight is 236 g/mol. The molecule has 0 radical (unpaired) electrons. The topological polar surface area (TPSA) is 20.2 Å². The molecule has 0 aliphatic heterocycles. The van der Waals surface area contributed by atoms with Crippen molar-refractivity contribution in [2.45, 2.75) is 24.9 Å². The monoisotopic (exact) mass is 236 g/mol. The number of hydrogen-bond acceptors (Lipinski definition) is 1. The quantitative estimate of drug-likeness (QED) is 0.852. The van der Waals surface area contributed by atoms with E-state index >= 15 is 0 Å². The second kappa shape index (κ2) is 4.80. The molecule has 1 aromatic carbocycles. The number of aliphatic hydroxyl groups is 1. The van der Waals surface area contributed by atoms with Crippen LogP contribution in [0.25, 0.3) is 5.57 Å².